The lowest BCUT2D eigenvalue weighted by molar-refractivity contribution is 0.155. The van der Waals surface area contributed by atoms with Gasteiger partial charge in [-0.1, -0.05) is 41.9 Å². The van der Waals surface area contributed by atoms with E-state index in [4.69, 9.17) is 16.3 Å². The van der Waals surface area contributed by atoms with E-state index in [0.29, 0.717) is 10.8 Å². The maximum absolute atomic E-state index is 11.5. The highest BCUT2D eigenvalue weighted by Crippen LogP contribution is 2.12. The molecule has 0 radical (unpaired) electrons. The molecule has 0 unspecified atom stereocenters. The summed E-state index contributed by atoms with van der Waals surface area (Å²) in [6.07, 6.45) is 0.948. The van der Waals surface area contributed by atoms with Crippen molar-refractivity contribution >= 4 is 23.5 Å². The zero-order valence-electron chi connectivity index (χ0n) is 9.47. The van der Waals surface area contributed by atoms with Gasteiger partial charge in [0, 0.05) is 11.2 Å². The van der Waals surface area contributed by atoms with Gasteiger partial charge in [-0.3, -0.25) is 5.32 Å². The number of aromatic nitrogens is 1. The predicted octanol–water partition coefficient (Wildman–Crippen LogP) is 3.48. The van der Waals surface area contributed by atoms with Gasteiger partial charge in [-0.25, -0.2) is 9.78 Å². The molecule has 0 atom stereocenters. The molecule has 1 heterocycles. The van der Waals surface area contributed by atoms with Crippen molar-refractivity contribution in [1.29, 1.82) is 0 Å². The van der Waals surface area contributed by atoms with Gasteiger partial charge in [0.2, 0.25) is 0 Å². The zero-order valence-corrected chi connectivity index (χ0v) is 10.2. The summed E-state index contributed by atoms with van der Waals surface area (Å²) in [5.41, 5.74) is 0.923. The summed E-state index contributed by atoms with van der Waals surface area (Å²) in [7, 11) is 0. The van der Waals surface area contributed by atoms with E-state index in [0.717, 1.165) is 5.56 Å². The Kier molecular flexibility index (Phi) is 4.15. The summed E-state index contributed by atoms with van der Waals surface area (Å²) < 4.78 is 5.04. The molecule has 0 fully saturated rings. The molecule has 1 aromatic carbocycles. The minimum Gasteiger partial charge on any atom is -0.444 e. The van der Waals surface area contributed by atoms with Crippen LogP contribution in [0.15, 0.2) is 48.7 Å². The van der Waals surface area contributed by atoms with Gasteiger partial charge in [-0.05, 0) is 17.7 Å². The Morgan fingerprint density at radius 3 is 2.78 bits per heavy atom. The van der Waals surface area contributed by atoms with Gasteiger partial charge in [-0.15, -0.1) is 0 Å². The molecule has 0 bridgehead atoms. The second kappa shape index (κ2) is 6.02. The highest BCUT2D eigenvalue weighted by atomic mass is 35.5. The Hall–Kier alpha value is -2.07. The van der Waals surface area contributed by atoms with Crippen LogP contribution in [0.25, 0.3) is 0 Å². The van der Waals surface area contributed by atoms with Crippen LogP contribution in [0, 0.1) is 0 Å². The quantitative estimate of drug-likeness (QED) is 0.921. The van der Waals surface area contributed by atoms with E-state index in [1.54, 1.807) is 12.1 Å². The average molecular weight is 263 g/mol. The molecule has 0 aliphatic heterocycles. The van der Waals surface area contributed by atoms with E-state index >= 15 is 0 Å². The summed E-state index contributed by atoms with van der Waals surface area (Å²) in [5.74, 6) is 0.362. The number of benzene rings is 1. The average Bonchev–Trinajstić information content (AvgIpc) is 2.38. The zero-order chi connectivity index (χ0) is 12.8. The van der Waals surface area contributed by atoms with Gasteiger partial charge in [0.05, 0.1) is 0 Å². The maximum Gasteiger partial charge on any atom is 0.413 e. The summed E-state index contributed by atoms with van der Waals surface area (Å²) in [6, 6.07) is 12.6. The number of pyridine rings is 1. The molecule has 2 aromatic rings. The molecule has 1 N–H and O–H groups in total. The number of rotatable bonds is 3. The molecule has 0 saturated heterocycles. The van der Waals surface area contributed by atoms with Crippen LogP contribution >= 0.6 is 11.6 Å². The number of nitrogens with zero attached hydrogens (tertiary/aromatic N) is 1. The van der Waals surface area contributed by atoms with E-state index in [9.17, 15) is 4.79 Å². The van der Waals surface area contributed by atoms with Crippen molar-refractivity contribution in [2.45, 2.75) is 6.61 Å². The minimum absolute atomic E-state index is 0.216. The van der Waals surface area contributed by atoms with E-state index in [1.165, 1.54) is 6.20 Å². The molecule has 18 heavy (non-hydrogen) atoms. The van der Waals surface area contributed by atoms with Crippen molar-refractivity contribution in [3.8, 4) is 0 Å². The summed E-state index contributed by atoms with van der Waals surface area (Å²) >= 11 is 5.77. The molecular formula is C13H11ClN2O2. The van der Waals surface area contributed by atoms with Crippen LogP contribution in [0.1, 0.15) is 5.56 Å². The van der Waals surface area contributed by atoms with Crippen LogP contribution in [-0.4, -0.2) is 11.1 Å². The van der Waals surface area contributed by atoms with Crippen LogP contribution in [0.3, 0.4) is 0 Å². The van der Waals surface area contributed by atoms with Crippen molar-refractivity contribution in [2.75, 3.05) is 5.32 Å². The number of nitrogens with one attached hydrogen (secondary N) is 1. The van der Waals surface area contributed by atoms with E-state index in [1.807, 2.05) is 30.3 Å². The van der Waals surface area contributed by atoms with Crippen molar-refractivity contribution in [1.82, 2.24) is 4.98 Å². The third-order valence-electron chi connectivity index (χ3n) is 2.16. The smallest absolute Gasteiger partial charge is 0.413 e. The van der Waals surface area contributed by atoms with Crippen molar-refractivity contribution in [2.24, 2.45) is 0 Å². The molecule has 92 valence electrons. The fourth-order valence-electron chi connectivity index (χ4n) is 1.34. The van der Waals surface area contributed by atoms with Crippen molar-refractivity contribution < 1.29 is 9.53 Å². The molecule has 5 heteroatoms. The third-order valence-corrected chi connectivity index (χ3v) is 2.40. The number of carbonyl (C=O) groups is 1. The predicted molar refractivity (Wildman–Crippen MR) is 69.5 cm³/mol. The number of halogens is 1. The van der Waals surface area contributed by atoms with Crippen LogP contribution in [-0.2, 0) is 11.3 Å². The molecule has 0 saturated carbocycles. The van der Waals surface area contributed by atoms with Crippen molar-refractivity contribution in [3.05, 3.63) is 59.2 Å². The summed E-state index contributed by atoms with van der Waals surface area (Å²) in [6.45, 7) is 0.216. The number of amides is 1. The lowest BCUT2D eigenvalue weighted by Crippen LogP contribution is -2.14. The Bertz CT molecular complexity index is 532. The lowest BCUT2D eigenvalue weighted by Gasteiger charge is -2.06. The number of hydrogen-bond acceptors (Lipinski definition) is 3. The first-order valence-corrected chi connectivity index (χ1v) is 5.71. The highest BCUT2D eigenvalue weighted by molar-refractivity contribution is 6.30. The Morgan fingerprint density at radius 1 is 1.28 bits per heavy atom. The summed E-state index contributed by atoms with van der Waals surface area (Å²) in [5, 5.41) is 3.00. The molecule has 0 aliphatic rings. The van der Waals surface area contributed by atoms with E-state index in [-0.39, 0.29) is 6.61 Å². The fraction of sp³-hybridized carbons (Fsp3) is 0.0769. The Balaban J connectivity index is 1.86. The van der Waals surface area contributed by atoms with Crippen LogP contribution in [0.5, 0.6) is 0 Å². The van der Waals surface area contributed by atoms with Crippen LogP contribution in [0.2, 0.25) is 5.02 Å². The second-order valence-corrected chi connectivity index (χ2v) is 3.98. The fourth-order valence-corrected chi connectivity index (χ4v) is 1.50. The minimum atomic E-state index is -0.561. The van der Waals surface area contributed by atoms with Gasteiger partial charge in [-0.2, -0.15) is 0 Å². The normalized spacial score (nSPS) is 9.83. The monoisotopic (exact) mass is 262 g/mol. The maximum atomic E-state index is 11.5. The first-order chi connectivity index (χ1) is 8.74. The SMILES string of the molecule is O=C(Nc1cc(Cl)ccn1)OCc1ccccc1. The number of ether oxygens (including phenoxy) is 1. The Morgan fingerprint density at radius 2 is 2.06 bits per heavy atom. The molecule has 0 spiro atoms. The second-order valence-electron chi connectivity index (χ2n) is 3.55. The molecule has 1 aromatic heterocycles. The molecule has 2 rings (SSSR count). The third kappa shape index (κ3) is 3.75. The standard InChI is InChI=1S/C13H11ClN2O2/c14-11-6-7-15-12(8-11)16-13(17)18-9-10-4-2-1-3-5-10/h1-8H,9H2,(H,15,16,17). The first kappa shape index (κ1) is 12.4. The molecule has 4 nitrogen and oxygen atoms in total. The topological polar surface area (TPSA) is 51.2 Å². The number of hydrogen-bond donors (Lipinski definition) is 1. The first-order valence-electron chi connectivity index (χ1n) is 5.33. The van der Waals surface area contributed by atoms with Gasteiger partial charge in [0.1, 0.15) is 12.4 Å². The summed E-state index contributed by atoms with van der Waals surface area (Å²) in [4.78, 5) is 15.4. The van der Waals surface area contributed by atoms with Crippen molar-refractivity contribution in [3.63, 3.8) is 0 Å². The largest absolute Gasteiger partial charge is 0.444 e. The number of carbonyl (C=O) groups excluding carboxylic acids is 1. The van der Waals surface area contributed by atoms with Crippen LogP contribution < -0.4 is 5.32 Å². The number of anilines is 1. The molecular weight excluding hydrogens is 252 g/mol. The van der Waals surface area contributed by atoms with Gasteiger partial charge >= 0.3 is 6.09 Å². The van der Waals surface area contributed by atoms with E-state index in [2.05, 4.69) is 10.3 Å². The lowest BCUT2D eigenvalue weighted by atomic mass is 10.2. The molecule has 0 aliphatic carbocycles. The van der Waals surface area contributed by atoms with Gasteiger partial charge < -0.3 is 4.74 Å². The molecule has 1 amide bonds. The Labute approximate surface area is 110 Å². The highest BCUT2D eigenvalue weighted by Gasteiger charge is 2.04. The van der Waals surface area contributed by atoms with Gasteiger partial charge in [0.15, 0.2) is 0 Å². The van der Waals surface area contributed by atoms with Gasteiger partial charge in [0.25, 0.3) is 0 Å². The van der Waals surface area contributed by atoms with E-state index < -0.39 is 6.09 Å². The van der Waals surface area contributed by atoms with Crippen LogP contribution in [0.4, 0.5) is 10.6 Å².